The first-order valence-corrected chi connectivity index (χ1v) is 13.4. The average molecular weight is 482 g/mol. The Morgan fingerprint density at radius 3 is 1.61 bits per heavy atom. The van der Waals surface area contributed by atoms with Crippen LogP contribution >= 0.6 is 35.3 Å². The molecule has 0 bridgehead atoms. The molecule has 5 rings (SSSR count). The molecule has 0 aliphatic heterocycles. The molecule has 5 aromatic rings. The third kappa shape index (κ3) is 5.30. The molecule has 1 nitrogen and oxygen atoms in total. The molecule has 0 fully saturated rings. The smallest absolute Gasteiger partial charge is 0.0725 e. The second-order valence-electron chi connectivity index (χ2n) is 7.53. The summed E-state index contributed by atoms with van der Waals surface area (Å²) in [6, 6.07) is 36.4. The van der Waals surface area contributed by atoms with Crippen molar-refractivity contribution in [3.8, 4) is 0 Å². The van der Waals surface area contributed by atoms with Gasteiger partial charge in [0.05, 0.1) is 5.52 Å². The fourth-order valence-corrected chi connectivity index (χ4v) is 6.73. The van der Waals surface area contributed by atoms with Crippen molar-refractivity contribution in [1.29, 1.82) is 0 Å². The highest BCUT2D eigenvalue weighted by Crippen LogP contribution is 2.44. The van der Waals surface area contributed by atoms with E-state index in [0.717, 1.165) is 11.9 Å². The monoisotopic (exact) mass is 481 g/mol. The molecule has 0 N–H and O–H groups in total. The van der Waals surface area contributed by atoms with Gasteiger partial charge in [-0.15, -0.1) is 0 Å². The van der Waals surface area contributed by atoms with Crippen LogP contribution in [0.3, 0.4) is 0 Å². The first-order valence-electron chi connectivity index (χ1n) is 10.9. The van der Waals surface area contributed by atoms with Crippen molar-refractivity contribution in [3.63, 3.8) is 0 Å². The highest BCUT2D eigenvalue weighted by molar-refractivity contribution is 8.02. The molecule has 1 heterocycles. The van der Waals surface area contributed by atoms with Crippen LogP contribution in [-0.4, -0.2) is 4.98 Å². The van der Waals surface area contributed by atoms with Crippen molar-refractivity contribution >= 4 is 46.2 Å². The van der Waals surface area contributed by atoms with Crippen molar-refractivity contribution in [3.05, 3.63) is 115 Å². The summed E-state index contributed by atoms with van der Waals surface area (Å²) in [4.78, 5) is 12.4. The lowest BCUT2D eigenvalue weighted by Crippen LogP contribution is -1.93. The van der Waals surface area contributed by atoms with Crippen LogP contribution in [0.1, 0.15) is 12.5 Å². The van der Waals surface area contributed by atoms with Crippen LogP contribution in [0.25, 0.3) is 10.9 Å². The SMILES string of the molecule is CCc1cnc2cc(Sc3ccccc3)c(Sc3ccccc3)cc2c1Sc1ccccc1. The molecular formula is C29H23NS3. The fraction of sp³-hybridized carbons (Fsp3) is 0.0690. The number of nitrogens with zero attached hydrogens (tertiary/aromatic N) is 1. The Hall–Kier alpha value is -2.66. The Labute approximate surface area is 208 Å². The maximum Gasteiger partial charge on any atom is 0.0725 e. The predicted molar refractivity (Wildman–Crippen MR) is 143 cm³/mol. The van der Waals surface area contributed by atoms with Gasteiger partial charge in [-0.3, -0.25) is 4.98 Å². The quantitative estimate of drug-likeness (QED) is 0.230. The van der Waals surface area contributed by atoms with Gasteiger partial charge >= 0.3 is 0 Å². The minimum atomic E-state index is 0.958. The zero-order valence-electron chi connectivity index (χ0n) is 18.3. The van der Waals surface area contributed by atoms with E-state index >= 15 is 0 Å². The first kappa shape index (κ1) is 22.1. The van der Waals surface area contributed by atoms with Crippen LogP contribution in [0.5, 0.6) is 0 Å². The van der Waals surface area contributed by atoms with E-state index in [1.807, 2.05) is 23.5 Å². The minimum Gasteiger partial charge on any atom is -0.256 e. The Morgan fingerprint density at radius 2 is 1.09 bits per heavy atom. The number of hydrogen-bond acceptors (Lipinski definition) is 4. The van der Waals surface area contributed by atoms with E-state index in [1.54, 1.807) is 11.8 Å². The van der Waals surface area contributed by atoms with Gasteiger partial charge in [-0.1, -0.05) is 96.8 Å². The van der Waals surface area contributed by atoms with Gasteiger partial charge in [-0.2, -0.15) is 0 Å². The topological polar surface area (TPSA) is 12.9 Å². The van der Waals surface area contributed by atoms with Crippen LogP contribution < -0.4 is 0 Å². The summed E-state index contributed by atoms with van der Waals surface area (Å²) in [6.45, 7) is 2.21. The van der Waals surface area contributed by atoms with E-state index in [0.29, 0.717) is 0 Å². The maximum absolute atomic E-state index is 4.87. The zero-order valence-corrected chi connectivity index (χ0v) is 20.7. The van der Waals surface area contributed by atoms with Crippen molar-refractivity contribution in [1.82, 2.24) is 4.98 Å². The molecule has 4 heteroatoms. The summed E-state index contributed by atoms with van der Waals surface area (Å²) in [6.07, 6.45) is 3.01. The summed E-state index contributed by atoms with van der Waals surface area (Å²) >= 11 is 5.46. The molecule has 4 aromatic carbocycles. The molecular weight excluding hydrogens is 459 g/mol. The number of hydrogen-bond donors (Lipinski definition) is 0. The van der Waals surface area contributed by atoms with E-state index in [1.165, 1.54) is 40.3 Å². The van der Waals surface area contributed by atoms with Gasteiger partial charge < -0.3 is 0 Å². The Morgan fingerprint density at radius 1 is 0.606 bits per heavy atom. The minimum absolute atomic E-state index is 0.958. The number of benzene rings is 4. The van der Waals surface area contributed by atoms with E-state index in [-0.39, 0.29) is 0 Å². The second kappa shape index (κ2) is 10.5. The van der Waals surface area contributed by atoms with Crippen LogP contribution in [0, 0.1) is 0 Å². The van der Waals surface area contributed by atoms with Crippen LogP contribution in [0.4, 0.5) is 0 Å². The van der Waals surface area contributed by atoms with Crippen molar-refractivity contribution in [2.24, 2.45) is 0 Å². The number of pyridine rings is 1. The third-order valence-corrected chi connectivity index (χ3v) is 8.70. The molecule has 0 unspecified atom stereocenters. The van der Waals surface area contributed by atoms with Crippen molar-refractivity contribution in [2.75, 3.05) is 0 Å². The number of aryl methyl sites for hydroxylation is 1. The summed E-state index contributed by atoms with van der Waals surface area (Å²) in [5.41, 5.74) is 2.33. The highest BCUT2D eigenvalue weighted by Gasteiger charge is 2.15. The fourth-order valence-electron chi connectivity index (χ4n) is 3.59. The molecule has 0 atom stereocenters. The Bertz CT molecular complexity index is 1350. The lowest BCUT2D eigenvalue weighted by molar-refractivity contribution is 1.06. The van der Waals surface area contributed by atoms with E-state index < -0.39 is 0 Å². The van der Waals surface area contributed by atoms with Gasteiger partial charge in [0.25, 0.3) is 0 Å². The normalized spacial score (nSPS) is 11.1. The molecule has 0 saturated heterocycles. The second-order valence-corrected chi connectivity index (χ2v) is 10.8. The van der Waals surface area contributed by atoms with Crippen LogP contribution in [-0.2, 0) is 6.42 Å². The number of aromatic nitrogens is 1. The predicted octanol–water partition coefficient (Wildman–Crippen LogP) is 9.25. The maximum atomic E-state index is 4.87. The molecule has 0 aliphatic carbocycles. The van der Waals surface area contributed by atoms with E-state index in [2.05, 4.69) is 116 Å². The summed E-state index contributed by atoms with van der Waals surface area (Å²) in [7, 11) is 0. The number of rotatable bonds is 7. The van der Waals surface area contributed by atoms with Gasteiger partial charge in [-0.05, 0) is 60.5 Å². The Kier molecular flexibility index (Phi) is 7.06. The molecule has 0 saturated carbocycles. The molecule has 0 spiro atoms. The lowest BCUT2D eigenvalue weighted by Gasteiger charge is -2.15. The van der Waals surface area contributed by atoms with E-state index in [9.17, 15) is 0 Å². The summed E-state index contributed by atoms with van der Waals surface area (Å²) in [5.74, 6) is 0. The highest BCUT2D eigenvalue weighted by atomic mass is 32.2. The summed E-state index contributed by atoms with van der Waals surface area (Å²) in [5, 5.41) is 1.22. The van der Waals surface area contributed by atoms with Gasteiger partial charge in [-0.25, -0.2) is 0 Å². The molecule has 1 aromatic heterocycles. The third-order valence-electron chi connectivity index (χ3n) is 5.24. The van der Waals surface area contributed by atoms with Gasteiger partial charge in [0.2, 0.25) is 0 Å². The van der Waals surface area contributed by atoms with Gasteiger partial charge in [0.1, 0.15) is 0 Å². The lowest BCUT2D eigenvalue weighted by atomic mass is 10.1. The molecule has 0 amide bonds. The molecule has 33 heavy (non-hydrogen) atoms. The van der Waals surface area contributed by atoms with E-state index in [4.69, 9.17) is 4.98 Å². The molecule has 0 aliphatic rings. The zero-order chi connectivity index (χ0) is 22.5. The average Bonchev–Trinajstić information content (AvgIpc) is 2.87. The molecule has 0 radical (unpaired) electrons. The first-order chi connectivity index (χ1) is 16.3. The van der Waals surface area contributed by atoms with Crippen molar-refractivity contribution < 1.29 is 0 Å². The van der Waals surface area contributed by atoms with Crippen LogP contribution in [0.15, 0.2) is 139 Å². The largest absolute Gasteiger partial charge is 0.256 e. The standard InChI is InChI=1S/C29H23NS3/c1-2-21-20-30-26-19-28(32-23-14-8-4-9-15-23)27(31-22-12-6-3-7-13-22)18-25(26)29(21)33-24-16-10-5-11-17-24/h3-20H,2H2,1H3. The summed E-state index contributed by atoms with van der Waals surface area (Å²) < 4.78 is 0. The van der Waals surface area contributed by atoms with Crippen molar-refractivity contribution in [2.45, 2.75) is 42.7 Å². The van der Waals surface area contributed by atoms with Gasteiger partial charge in [0, 0.05) is 41.0 Å². The number of fused-ring (bicyclic) bond motifs is 1. The molecule has 162 valence electrons. The Balaban J connectivity index is 1.65. The van der Waals surface area contributed by atoms with Crippen LogP contribution in [0.2, 0.25) is 0 Å². The van der Waals surface area contributed by atoms with Gasteiger partial charge in [0.15, 0.2) is 0 Å².